The van der Waals surface area contributed by atoms with Crippen LogP contribution < -0.4 is 15.4 Å². The number of piperidine rings is 1. The fourth-order valence-electron chi connectivity index (χ4n) is 3.15. The molecule has 27 heavy (non-hydrogen) atoms. The molecule has 0 bridgehead atoms. The number of hydrogen-bond acceptors (Lipinski definition) is 3. The quantitative estimate of drug-likeness (QED) is 0.565. The van der Waals surface area contributed by atoms with Crippen molar-refractivity contribution >= 4 is 11.9 Å². The fraction of sp³-hybridized carbons (Fsp3) is 0.600. The van der Waals surface area contributed by atoms with E-state index in [0.717, 1.165) is 38.4 Å². The molecule has 0 radical (unpaired) electrons. The molecule has 0 aliphatic carbocycles. The molecule has 1 fully saturated rings. The molecule has 1 aliphatic rings. The van der Waals surface area contributed by atoms with Gasteiger partial charge in [0.1, 0.15) is 6.10 Å². The highest BCUT2D eigenvalue weighted by Crippen LogP contribution is 2.21. The third kappa shape index (κ3) is 6.73. The van der Waals surface area contributed by atoms with Gasteiger partial charge >= 0.3 is 0 Å². The van der Waals surface area contributed by atoms with Crippen LogP contribution in [-0.4, -0.2) is 56.1 Å². The van der Waals surface area contributed by atoms with Crippen LogP contribution in [0.25, 0.3) is 0 Å². The highest BCUT2D eigenvalue weighted by molar-refractivity contribution is 5.80. The second-order valence-electron chi connectivity index (χ2n) is 6.86. The largest absolute Gasteiger partial charge is 0.486 e. The van der Waals surface area contributed by atoms with Crippen LogP contribution in [0.1, 0.15) is 33.1 Å². The average Bonchev–Trinajstić information content (AvgIpc) is 2.67. The van der Waals surface area contributed by atoms with E-state index in [9.17, 15) is 9.18 Å². The summed E-state index contributed by atoms with van der Waals surface area (Å²) in [4.78, 5) is 18.4. The molecule has 1 amide bonds. The molecule has 0 spiro atoms. The normalized spacial score (nSPS) is 16.7. The van der Waals surface area contributed by atoms with Crippen molar-refractivity contribution in [1.82, 2.24) is 15.5 Å². The summed E-state index contributed by atoms with van der Waals surface area (Å²) in [6.45, 7) is 6.88. The minimum absolute atomic E-state index is 0.105. The summed E-state index contributed by atoms with van der Waals surface area (Å²) < 4.78 is 19.4. The number of guanidine groups is 1. The smallest absolute Gasteiger partial charge is 0.220 e. The molecule has 150 valence electrons. The van der Waals surface area contributed by atoms with Crippen molar-refractivity contribution in [3.8, 4) is 5.75 Å². The van der Waals surface area contributed by atoms with E-state index < -0.39 is 0 Å². The highest BCUT2D eigenvalue weighted by atomic mass is 19.1. The Morgan fingerprint density at radius 3 is 2.70 bits per heavy atom. The Bertz CT molecular complexity index is 630. The monoisotopic (exact) mass is 378 g/mol. The maximum atomic E-state index is 13.7. The zero-order valence-electron chi connectivity index (χ0n) is 16.5. The molecule has 1 aromatic carbocycles. The second-order valence-corrected chi connectivity index (χ2v) is 6.86. The maximum absolute atomic E-state index is 13.7. The zero-order chi connectivity index (χ0) is 19.6. The summed E-state index contributed by atoms with van der Waals surface area (Å²) in [5.41, 5.74) is 0. The topological polar surface area (TPSA) is 66.0 Å². The second kappa shape index (κ2) is 10.7. The van der Waals surface area contributed by atoms with E-state index >= 15 is 0 Å². The standard InChI is InChI=1S/C20H31FN4O2/c1-4-23-20(25-11-9-16(10-12-25)13-19(26)22-3)24-14-15(2)27-18-8-6-5-7-17(18)21/h5-8,15-16H,4,9-14H2,1-3H3,(H,22,26)(H,23,24). The van der Waals surface area contributed by atoms with E-state index in [0.29, 0.717) is 18.9 Å². The van der Waals surface area contributed by atoms with Gasteiger partial charge in [-0.3, -0.25) is 4.79 Å². The van der Waals surface area contributed by atoms with Crippen molar-refractivity contribution in [3.05, 3.63) is 30.1 Å². The molecule has 1 unspecified atom stereocenters. The number of amides is 1. The number of carbonyl (C=O) groups is 1. The summed E-state index contributed by atoms with van der Waals surface area (Å²) in [5, 5.41) is 6.01. The summed E-state index contributed by atoms with van der Waals surface area (Å²) in [6.07, 6.45) is 2.30. The first-order valence-corrected chi connectivity index (χ1v) is 9.68. The average molecular weight is 378 g/mol. The van der Waals surface area contributed by atoms with Crippen LogP contribution in [0.3, 0.4) is 0 Å². The first-order chi connectivity index (χ1) is 13.0. The van der Waals surface area contributed by atoms with Crippen molar-refractivity contribution in [1.29, 1.82) is 0 Å². The molecular formula is C20H31FN4O2. The Hall–Kier alpha value is -2.31. The number of para-hydroxylation sites is 1. The number of halogens is 1. The number of nitrogens with zero attached hydrogens (tertiary/aromatic N) is 2. The first kappa shape index (κ1) is 21.0. The third-order valence-electron chi connectivity index (χ3n) is 4.66. The lowest BCUT2D eigenvalue weighted by atomic mass is 9.93. The minimum atomic E-state index is -0.363. The number of rotatable bonds is 7. The van der Waals surface area contributed by atoms with E-state index in [1.807, 2.05) is 13.8 Å². The van der Waals surface area contributed by atoms with Gasteiger partial charge in [0.25, 0.3) is 0 Å². The molecule has 0 saturated carbocycles. The van der Waals surface area contributed by atoms with Crippen molar-refractivity contribution in [2.45, 2.75) is 39.2 Å². The Kier molecular flexibility index (Phi) is 8.36. The van der Waals surface area contributed by atoms with E-state index in [1.54, 1.807) is 25.2 Å². The van der Waals surface area contributed by atoms with E-state index in [4.69, 9.17) is 4.74 Å². The Labute approximate surface area is 161 Å². The predicted octanol–water partition coefficient (Wildman–Crippen LogP) is 2.41. The summed E-state index contributed by atoms with van der Waals surface area (Å²) >= 11 is 0. The molecule has 7 heteroatoms. The molecule has 0 aromatic heterocycles. The number of ether oxygens (including phenoxy) is 1. The fourth-order valence-corrected chi connectivity index (χ4v) is 3.15. The molecule has 1 heterocycles. The van der Waals surface area contributed by atoms with Gasteiger partial charge in [0.15, 0.2) is 17.5 Å². The Morgan fingerprint density at radius 1 is 1.37 bits per heavy atom. The number of aliphatic imine (C=N–C) groups is 1. The van der Waals surface area contributed by atoms with Crippen LogP contribution in [0.4, 0.5) is 4.39 Å². The van der Waals surface area contributed by atoms with Gasteiger partial charge in [0.05, 0.1) is 6.54 Å². The van der Waals surface area contributed by atoms with Crippen LogP contribution in [0, 0.1) is 11.7 Å². The first-order valence-electron chi connectivity index (χ1n) is 9.68. The van der Waals surface area contributed by atoms with Crippen molar-refractivity contribution in [2.75, 3.05) is 33.2 Å². The van der Waals surface area contributed by atoms with Gasteiger partial charge in [-0.15, -0.1) is 0 Å². The molecule has 1 aromatic rings. The minimum Gasteiger partial charge on any atom is -0.486 e. The Morgan fingerprint density at radius 2 is 2.07 bits per heavy atom. The summed E-state index contributed by atoms with van der Waals surface area (Å²) in [7, 11) is 1.68. The van der Waals surface area contributed by atoms with E-state index in [1.165, 1.54) is 6.07 Å². The van der Waals surface area contributed by atoms with Gasteiger partial charge in [0, 0.05) is 33.1 Å². The van der Waals surface area contributed by atoms with Gasteiger partial charge in [-0.1, -0.05) is 12.1 Å². The van der Waals surface area contributed by atoms with Crippen LogP contribution in [0.5, 0.6) is 5.75 Å². The number of nitrogens with one attached hydrogen (secondary N) is 2. The number of carbonyl (C=O) groups excluding carboxylic acids is 1. The zero-order valence-corrected chi connectivity index (χ0v) is 16.5. The summed E-state index contributed by atoms with van der Waals surface area (Å²) in [6, 6.07) is 6.40. The molecular weight excluding hydrogens is 347 g/mol. The van der Waals surface area contributed by atoms with Gasteiger partial charge < -0.3 is 20.3 Å². The van der Waals surface area contributed by atoms with E-state index in [2.05, 4.69) is 20.5 Å². The molecule has 1 atom stereocenters. The molecule has 6 nitrogen and oxygen atoms in total. The molecule has 2 rings (SSSR count). The molecule has 2 N–H and O–H groups in total. The third-order valence-corrected chi connectivity index (χ3v) is 4.66. The van der Waals surface area contributed by atoms with Crippen LogP contribution in [0.2, 0.25) is 0 Å². The Balaban J connectivity index is 1.88. The number of benzene rings is 1. The van der Waals surface area contributed by atoms with Gasteiger partial charge in [-0.25, -0.2) is 9.38 Å². The SMILES string of the molecule is CCNC(=NCC(C)Oc1ccccc1F)N1CCC(CC(=O)NC)CC1. The van der Waals surface area contributed by atoms with Crippen molar-refractivity contribution in [3.63, 3.8) is 0 Å². The van der Waals surface area contributed by atoms with Crippen molar-refractivity contribution < 1.29 is 13.9 Å². The van der Waals surface area contributed by atoms with E-state index in [-0.39, 0.29) is 23.6 Å². The van der Waals surface area contributed by atoms with Crippen molar-refractivity contribution in [2.24, 2.45) is 10.9 Å². The van der Waals surface area contributed by atoms with Crippen LogP contribution >= 0.6 is 0 Å². The lowest BCUT2D eigenvalue weighted by molar-refractivity contribution is -0.121. The van der Waals surface area contributed by atoms with Gasteiger partial charge in [-0.05, 0) is 44.7 Å². The predicted molar refractivity (Wildman–Crippen MR) is 105 cm³/mol. The maximum Gasteiger partial charge on any atom is 0.220 e. The van der Waals surface area contributed by atoms with Crippen LogP contribution in [0.15, 0.2) is 29.3 Å². The lowest BCUT2D eigenvalue weighted by Crippen LogP contribution is -2.46. The molecule has 1 saturated heterocycles. The van der Waals surface area contributed by atoms with Gasteiger partial charge in [0.2, 0.25) is 5.91 Å². The number of likely N-dealkylation sites (tertiary alicyclic amines) is 1. The highest BCUT2D eigenvalue weighted by Gasteiger charge is 2.23. The molecule has 1 aliphatic heterocycles. The van der Waals surface area contributed by atoms with Crippen LogP contribution in [-0.2, 0) is 4.79 Å². The summed E-state index contributed by atoms with van der Waals surface area (Å²) in [5.74, 6) is 1.26. The van der Waals surface area contributed by atoms with Gasteiger partial charge in [-0.2, -0.15) is 0 Å². The number of hydrogen-bond donors (Lipinski definition) is 2. The lowest BCUT2D eigenvalue weighted by Gasteiger charge is -2.34.